The fourth-order valence-corrected chi connectivity index (χ4v) is 3.98. The molecule has 1 aromatic carbocycles. The van der Waals surface area contributed by atoms with E-state index in [1.807, 2.05) is 24.3 Å². The summed E-state index contributed by atoms with van der Waals surface area (Å²) in [5.74, 6) is 0.577. The van der Waals surface area contributed by atoms with Gasteiger partial charge in [-0.25, -0.2) is 0 Å². The van der Waals surface area contributed by atoms with Crippen LogP contribution in [0, 0.1) is 12.8 Å². The first kappa shape index (κ1) is 19.4. The third-order valence-corrected chi connectivity index (χ3v) is 5.57. The fourth-order valence-electron chi connectivity index (χ4n) is 3.98. The number of rotatable bonds is 6. The van der Waals surface area contributed by atoms with Gasteiger partial charge in [0, 0.05) is 37.7 Å². The first-order chi connectivity index (χ1) is 14.1. The van der Waals surface area contributed by atoms with E-state index >= 15 is 0 Å². The highest BCUT2D eigenvalue weighted by atomic mass is 16.5. The van der Waals surface area contributed by atoms with Crippen molar-refractivity contribution in [3.05, 3.63) is 41.8 Å². The van der Waals surface area contributed by atoms with Crippen molar-refractivity contribution in [2.24, 2.45) is 5.92 Å². The van der Waals surface area contributed by atoms with Crippen LogP contribution in [-0.4, -0.2) is 35.0 Å². The molecule has 4 rings (SSSR count). The molecule has 0 saturated carbocycles. The monoisotopic (exact) mass is 394 g/mol. The number of nitrogens with one attached hydrogen (secondary N) is 1. The Morgan fingerprint density at radius 3 is 3.00 bits per heavy atom. The minimum absolute atomic E-state index is 0.0396. The number of carbonyl (C=O) groups is 2. The molecule has 2 heterocycles. The zero-order valence-corrected chi connectivity index (χ0v) is 16.7. The van der Waals surface area contributed by atoms with Crippen LogP contribution < -0.4 is 10.2 Å². The zero-order valence-electron chi connectivity index (χ0n) is 16.7. The van der Waals surface area contributed by atoms with Gasteiger partial charge in [-0.1, -0.05) is 28.9 Å². The average Bonchev–Trinajstić information content (AvgIpc) is 3.35. The number of hydrogen-bond donors (Lipinski definition) is 1. The van der Waals surface area contributed by atoms with Gasteiger partial charge in [0.25, 0.3) is 0 Å². The van der Waals surface area contributed by atoms with Crippen molar-refractivity contribution in [2.45, 2.75) is 45.4 Å². The van der Waals surface area contributed by atoms with E-state index in [-0.39, 0.29) is 24.2 Å². The molecule has 1 aromatic heterocycles. The van der Waals surface area contributed by atoms with Crippen LogP contribution in [0.2, 0.25) is 0 Å². The molecule has 1 fully saturated rings. The highest BCUT2D eigenvalue weighted by Crippen LogP contribution is 2.28. The highest BCUT2D eigenvalue weighted by molar-refractivity contribution is 6.00. The SMILES string of the molecule is Cc1nc(-c2cccc(N3C[C@@H](C(=O)NCCC4=CCCCC4)CC3=O)c2)no1. The molecular weight excluding hydrogens is 368 g/mol. The molecule has 0 bridgehead atoms. The van der Waals surface area contributed by atoms with E-state index in [0.717, 1.165) is 30.5 Å². The van der Waals surface area contributed by atoms with Crippen LogP contribution in [0.5, 0.6) is 0 Å². The Morgan fingerprint density at radius 1 is 1.34 bits per heavy atom. The number of nitrogens with zero attached hydrogens (tertiary/aromatic N) is 3. The number of carbonyl (C=O) groups excluding carboxylic acids is 2. The van der Waals surface area contributed by atoms with Crippen molar-refractivity contribution in [1.29, 1.82) is 0 Å². The van der Waals surface area contributed by atoms with Crippen molar-refractivity contribution in [3.8, 4) is 11.4 Å². The predicted molar refractivity (Wildman–Crippen MR) is 109 cm³/mol. The Balaban J connectivity index is 1.36. The van der Waals surface area contributed by atoms with Gasteiger partial charge in [0.05, 0.1) is 5.92 Å². The van der Waals surface area contributed by atoms with E-state index in [1.54, 1.807) is 11.8 Å². The molecule has 1 atom stereocenters. The third kappa shape index (κ3) is 4.55. The van der Waals surface area contributed by atoms with Gasteiger partial charge < -0.3 is 14.7 Å². The number of allylic oxidation sites excluding steroid dienone is 1. The quantitative estimate of drug-likeness (QED) is 0.759. The number of aryl methyl sites for hydroxylation is 1. The Kier molecular flexibility index (Phi) is 5.74. The molecule has 2 aliphatic rings. The summed E-state index contributed by atoms with van der Waals surface area (Å²) < 4.78 is 5.04. The number of amides is 2. The molecule has 1 saturated heterocycles. The van der Waals surface area contributed by atoms with Crippen molar-refractivity contribution >= 4 is 17.5 Å². The smallest absolute Gasteiger partial charge is 0.227 e. The summed E-state index contributed by atoms with van der Waals surface area (Å²) in [4.78, 5) is 31.0. The lowest BCUT2D eigenvalue weighted by Crippen LogP contribution is -2.33. The molecule has 2 amide bonds. The van der Waals surface area contributed by atoms with Crippen molar-refractivity contribution in [1.82, 2.24) is 15.5 Å². The summed E-state index contributed by atoms with van der Waals surface area (Å²) in [5, 5.41) is 6.94. The lowest BCUT2D eigenvalue weighted by molar-refractivity contribution is -0.126. The highest BCUT2D eigenvalue weighted by Gasteiger charge is 2.35. The molecule has 7 heteroatoms. The van der Waals surface area contributed by atoms with Crippen LogP contribution in [0.3, 0.4) is 0 Å². The molecule has 1 aliphatic carbocycles. The van der Waals surface area contributed by atoms with E-state index in [9.17, 15) is 9.59 Å². The molecule has 1 aliphatic heterocycles. The van der Waals surface area contributed by atoms with Gasteiger partial charge in [-0.2, -0.15) is 4.98 Å². The molecule has 2 aromatic rings. The van der Waals surface area contributed by atoms with E-state index in [0.29, 0.717) is 24.8 Å². The molecule has 0 radical (unpaired) electrons. The largest absolute Gasteiger partial charge is 0.355 e. The summed E-state index contributed by atoms with van der Waals surface area (Å²) in [5.41, 5.74) is 2.97. The second kappa shape index (κ2) is 8.59. The second-order valence-corrected chi connectivity index (χ2v) is 7.74. The number of aromatic nitrogens is 2. The van der Waals surface area contributed by atoms with Gasteiger partial charge in [-0.15, -0.1) is 0 Å². The van der Waals surface area contributed by atoms with E-state index in [4.69, 9.17) is 4.52 Å². The van der Waals surface area contributed by atoms with E-state index in [1.165, 1.54) is 18.4 Å². The van der Waals surface area contributed by atoms with Gasteiger partial charge in [0.1, 0.15) is 0 Å². The summed E-state index contributed by atoms with van der Waals surface area (Å²) in [6, 6.07) is 7.45. The normalized spacial score (nSPS) is 19.3. The maximum Gasteiger partial charge on any atom is 0.227 e. The van der Waals surface area contributed by atoms with Gasteiger partial charge in [-0.05, 0) is 44.2 Å². The zero-order chi connectivity index (χ0) is 20.2. The van der Waals surface area contributed by atoms with Crippen LogP contribution in [0.15, 0.2) is 40.4 Å². The predicted octanol–water partition coefficient (Wildman–Crippen LogP) is 3.40. The summed E-state index contributed by atoms with van der Waals surface area (Å²) in [6.07, 6.45) is 8.24. The van der Waals surface area contributed by atoms with Crippen LogP contribution >= 0.6 is 0 Å². The minimum Gasteiger partial charge on any atom is -0.355 e. The Bertz CT molecular complexity index is 934. The Hall–Kier alpha value is -2.96. The Labute approximate surface area is 170 Å². The van der Waals surface area contributed by atoms with Crippen LogP contribution in [0.25, 0.3) is 11.4 Å². The summed E-state index contributed by atoms with van der Waals surface area (Å²) in [7, 11) is 0. The van der Waals surface area contributed by atoms with Gasteiger partial charge >= 0.3 is 0 Å². The molecule has 7 nitrogen and oxygen atoms in total. The first-order valence-electron chi connectivity index (χ1n) is 10.3. The number of benzene rings is 1. The molecule has 0 unspecified atom stereocenters. The molecule has 1 N–H and O–H groups in total. The maximum atomic E-state index is 12.6. The summed E-state index contributed by atoms with van der Waals surface area (Å²) >= 11 is 0. The lowest BCUT2D eigenvalue weighted by Gasteiger charge is -2.17. The maximum absolute atomic E-state index is 12.6. The summed E-state index contributed by atoms with van der Waals surface area (Å²) in [6.45, 7) is 2.77. The van der Waals surface area contributed by atoms with Crippen LogP contribution in [0.1, 0.15) is 44.4 Å². The van der Waals surface area contributed by atoms with Crippen LogP contribution in [0.4, 0.5) is 5.69 Å². The topological polar surface area (TPSA) is 88.3 Å². The standard InChI is InChI=1S/C22H26N4O3/c1-15-24-21(25-29-15)17-8-5-9-19(12-17)26-14-18(13-20(26)27)22(28)23-11-10-16-6-3-2-4-7-16/h5-6,8-9,12,18H,2-4,7,10-11,13-14H2,1H3,(H,23,28)/t18-/m0/s1. The number of hydrogen-bond acceptors (Lipinski definition) is 5. The molecule has 29 heavy (non-hydrogen) atoms. The molecule has 0 spiro atoms. The molecular formula is C22H26N4O3. The van der Waals surface area contributed by atoms with Crippen molar-refractivity contribution in [2.75, 3.05) is 18.0 Å². The van der Waals surface area contributed by atoms with Gasteiger partial charge in [0.15, 0.2) is 0 Å². The van der Waals surface area contributed by atoms with E-state index < -0.39 is 0 Å². The van der Waals surface area contributed by atoms with Crippen LogP contribution in [-0.2, 0) is 9.59 Å². The van der Waals surface area contributed by atoms with Crippen molar-refractivity contribution < 1.29 is 14.1 Å². The molecule has 152 valence electrons. The number of anilines is 1. The first-order valence-corrected chi connectivity index (χ1v) is 10.3. The second-order valence-electron chi connectivity index (χ2n) is 7.74. The van der Waals surface area contributed by atoms with Gasteiger partial charge in [0.2, 0.25) is 23.5 Å². The fraction of sp³-hybridized carbons (Fsp3) is 0.455. The minimum atomic E-state index is -0.320. The third-order valence-electron chi connectivity index (χ3n) is 5.57. The lowest BCUT2D eigenvalue weighted by atomic mass is 9.97. The van der Waals surface area contributed by atoms with E-state index in [2.05, 4.69) is 21.5 Å². The Morgan fingerprint density at radius 2 is 2.24 bits per heavy atom. The van der Waals surface area contributed by atoms with Crippen molar-refractivity contribution in [3.63, 3.8) is 0 Å². The van der Waals surface area contributed by atoms with Gasteiger partial charge in [-0.3, -0.25) is 9.59 Å². The average molecular weight is 394 g/mol.